The molecule has 0 aliphatic rings. The Morgan fingerprint density at radius 1 is 1.08 bits per heavy atom. The van der Waals surface area contributed by atoms with Gasteiger partial charge in [-0.05, 0) is 24.3 Å². The van der Waals surface area contributed by atoms with Gasteiger partial charge < -0.3 is 0 Å². The minimum atomic E-state index is -3.59. The number of anilines is 2. The van der Waals surface area contributed by atoms with Crippen LogP contribution >= 0.6 is 11.3 Å². The number of carbonyl (C=O) groups excluding carboxylic acids is 1. The van der Waals surface area contributed by atoms with Gasteiger partial charge in [0.2, 0.25) is 30.3 Å². The molecule has 1 amide bonds. The van der Waals surface area contributed by atoms with Crippen LogP contribution in [0.5, 0.6) is 0 Å². The predicted molar refractivity (Wildman–Crippen MR) is 93.6 cm³/mol. The largest absolute Gasteiger partial charge is 0.296 e. The van der Waals surface area contributed by atoms with Gasteiger partial charge in [0.05, 0.1) is 11.2 Å². The lowest BCUT2D eigenvalue weighted by Crippen LogP contribution is -2.23. The summed E-state index contributed by atoms with van der Waals surface area (Å²) in [5.74, 6) is -0.533. The summed E-state index contributed by atoms with van der Waals surface area (Å²) in [5, 5.41) is 9.81. The molecule has 0 spiro atoms. The van der Waals surface area contributed by atoms with E-state index in [1.165, 1.54) is 24.3 Å². The Morgan fingerprint density at radius 2 is 1.68 bits per heavy atom. The molecule has 0 radical (unpaired) electrons. The fraction of sp³-hybridized carbons (Fsp3) is 0.250. The SMILES string of the molecule is CCNS(=O)(=O)c1ccc(C(=O)Nc2nnc(NS(C)(=O)=O)s2)cc1. The standard InChI is InChI=1S/C12H15N5O5S3/c1-3-13-25(21,22)9-6-4-8(5-7-9)10(18)14-11-15-16-12(23-11)17-24(2,19)20/h4-7,13H,3H2,1-2H3,(H,16,17)(H,14,15,18). The smallest absolute Gasteiger partial charge is 0.257 e. The average molecular weight is 405 g/mol. The van der Waals surface area contributed by atoms with E-state index in [4.69, 9.17) is 0 Å². The maximum Gasteiger partial charge on any atom is 0.257 e. The summed E-state index contributed by atoms with van der Waals surface area (Å²) in [6.07, 6.45) is 0.968. The Hall–Kier alpha value is -2.09. The summed E-state index contributed by atoms with van der Waals surface area (Å²) in [6, 6.07) is 5.33. The number of nitrogens with one attached hydrogen (secondary N) is 3. The normalized spacial score (nSPS) is 11.9. The third kappa shape index (κ3) is 5.45. The molecule has 13 heteroatoms. The average Bonchev–Trinajstić information content (AvgIpc) is 2.92. The Kier molecular flexibility index (Phi) is 5.72. The van der Waals surface area contributed by atoms with E-state index < -0.39 is 26.0 Å². The Morgan fingerprint density at radius 3 is 2.24 bits per heavy atom. The maximum atomic E-state index is 12.1. The van der Waals surface area contributed by atoms with Crippen molar-refractivity contribution in [3.63, 3.8) is 0 Å². The van der Waals surface area contributed by atoms with Crippen molar-refractivity contribution in [3.8, 4) is 0 Å². The lowest BCUT2D eigenvalue weighted by atomic mass is 10.2. The number of hydrogen-bond acceptors (Lipinski definition) is 8. The van der Waals surface area contributed by atoms with E-state index >= 15 is 0 Å². The van der Waals surface area contributed by atoms with Gasteiger partial charge in [-0.2, -0.15) is 0 Å². The van der Waals surface area contributed by atoms with Crippen molar-refractivity contribution in [2.75, 3.05) is 22.8 Å². The van der Waals surface area contributed by atoms with Crippen molar-refractivity contribution in [1.82, 2.24) is 14.9 Å². The van der Waals surface area contributed by atoms with Crippen LogP contribution < -0.4 is 14.8 Å². The van der Waals surface area contributed by atoms with E-state index in [1.807, 2.05) is 0 Å². The summed E-state index contributed by atoms with van der Waals surface area (Å²) in [6.45, 7) is 1.92. The van der Waals surface area contributed by atoms with Crippen molar-refractivity contribution < 1.29 is 21.6 Å². The fourth-order valence-electron chi connectivity index (χ4n) is 1.70. The molecule has 0 bridgehead atoms. The zero-order chi connectivity index (χ0) is 18.7. The monoisotopic (exact) mass is 405 g/mol. The molecular weight excluding hydrogens is 390 g/mol. The van der Waals surface area contributed by atoms with Crippen LogP contribution in [0.2, 0.25) is 0 Å². The highest BCUT2D eigenvalue weighted by molar-refractivity contribution is 7.92. The lowest BCUT2D eigenvalue weighted by Gasteiger charge is -2.05. The predicted octanol–water partition coefficient (Wildman–Crippen LogP) is 0.460. The molecule has 0 saturated carbocycles. The summed E-state index contributed by atoms with van der Waals surface area (Å²) in [5.41, 5.74) is 0.211. The van der Waals surface area contributed by atoms with E-state index in [2.05, 4.69) is 25.0 Å². The molecule has 0 aliphatic carbocycles. The zero-order valence-corrected chi connectivity index (χ0v) is 15.6. The second kappa shape index (κ2) is 7.43. The van der Waals surface area contributed by atoms with Crippen LogP contribution in [0.15, 0.2) is 29.2 Å². The first kappa shape index (κ1) is 19.2. The molecule has 136 valence electrons. The van der Waals surface area contributed by atoms with Crippen molar-refractivity contribution in [2.45, 2.75) is 11.8 Å². The van der Waals surface area contributed by atoms with Gasteiger partial charge in [0.1, 0.15) is 0 Å². The van der Waals surface area contributed by atoms with Gasteiger partial charge in [-0.15, -0.1) is 10.2 Å². The van der Waals surface area contributed by atoms with Gasteiger partial charge in [-0.3, -0.25) is 14.8 Å². The van der Waals surface area contributed by atoms with E-state index in [0.717, 1.165) is 17.6 Å². The third-order valence-corrected chi connectivity index (χ3v) is 5.69. The van der Waals surface area contributed by atoms with Crippen LogP contribution in [0.3, 0.4) is 0 Å². The number of aromatic nitrogens is 2. The number of hydrogen-bond donors (Lipinski definition) is 3. The van der Waals surface area contributed by atoms with Crippen molar-refractivity contribution in [1.29, 1.82) is 0 Å². The van der Waals surface area contributed by atoms with E-state index in [-0.39, 0.29) is 27.3 Å². The molecule has 0 fully saturated rings. The third-order valence-electron chi connectivity index (χ3n) is 2.68. The molecular formula is C12H15N5O5S3. The van der Waals surface area contributed by atoms with Crippen LogP contribution in [-0.2, 0) is 20.0 Å². The zero-order valence-electron chi connectivity index (χ0n) is 13.2. The quantitative estimate of drug-likeness (QED) is 0.606. The number of amides is 1. The second-order valence-corrected chi connectivity index (χ2v) is 9.26. The molecule has 0 aliphatic heterocycles. The Bertz CT molecular complexity index is 967. The minimum absolute atomic E-state index is 0.0184. The van der Waals surface area contributed by atoms with E-state index in [0.29, 0.717) is 0 Å². The van der Waals surface area contributed by atoms with Gasteiger partial charge >= 0.3 is 0 Å². The highest BCUT2D eigenvalue weighted by atomic mass is 32.2. The molecule has 0 unspecified atom stereocenters. The molecule has 2 rings (SSSR count). The number of carbonyl (C=O) groups is 1. The number of benzene rings is 1. The molecule has 10 nitrogen and oxygen atoms in total. The Labute approximate surface area is 148 Å². The number of nitrogens with zero attached hydrogens (tertiary/aromatic N) is 2. The topological polar surface area (TPSA) is 147 Å². The van der Waals surface area contributed by atoms with Crippen molar-refractivity contribution in [2.24, 2.45) is 0 Å². The second-order valence-electron chi connectivity index (χ2n) is 4.77. The lowest BCUT2D eigenvalue weighted by molar-refractivity contribution is 0.102. The summed E-state index contributed by atoms with van der Waals surface area (Å²) < 4.78 is 50.4. The Balaban J connectivity index is 2.09. The van der Waals surface area contributed by atoms with Gasteiger partial charge in [0.25, 0.3) is 5.91 Å². The molecule has 1 aromatic heterocycles. The number of sulfonamides is 2. The first-order valence-electron chi connectivity index (χ1n) is 6.83. The molecule has 0 atom stereocenters. The molecule has 1 heterocycles. The minimum Gasteiger partial charge on any atom is -0.296 e. The van der Waals surface area contributed by atoms with Crippen molar-refractivity contribution in [3.05, 3.63) is 29.8 Å². The highest BCUT2D eigenvalue weighted by Crippen LogP contribution is 2.21. The summed E-state index contributed by atoms with van der Waals surface area (Å²) in [7, 11) is -7.08. The van der Waals surface area contributed by atoms with E-state index in [1.54, 1.807) is 6.92 Å². The molecule has 2 aromatic rings. The fourth-order valence-corrected chi connectivity index (χ4v) is 4.21. The van der Waals surface area contributed by atoms with Crippen LogP contribution in [0.4, 0.5) is 10.3 Å². The first-order valence-corrected chi connectivity index (χ1v) is 11.0. The molecule has 25 heavy (non-hydrogen) atoms. The molecule has 1 aromatic carbocycles. The number of rotatable bonds is 7. The maximum absolute atomic E-state index is 12.1. The molecule has 0 saturated heterocycles. The molecule has 3 N–H and O–H groups in total. The first-order chi connectivity index (χ1) is 11.6. The van der Waals surface area contributed by atoms with Crippen LogP contribution in [0.1, 0.15) is 17.3 Å². The van der Waals surface area contributed by atoms with Crippen LogP contribution in [0, 0.1) is 0 Å². The van der Waals surface area contributed by atoms with E-state index in [9.17, 15) is 21.6 Å². The van der Waals surface area contributed by atoms with Crippen molar-refractivity contribution >= 4 is 47.6 Å². The van der Waals surface area contributed by atoms with Gasteiger partial charge in [0, 0.05) is 12.1 Å². The van der Waals surface area contributed by atoms with Gasteiger partial charge in [-0.1, -0.05) is 18.3 Å². The summed E-state index contributed by atoms with van der Waals surface area (Å²) >= 11 is 0.846. The highest BCUT2D eigenvalue weighted by Gasteiger charge is 2.15. The summed E-state index contributed by atoms with van der Waals surface area (Å²) in [4.78, 5) is 12.2. The van der Waals surface area contributed by atoms with Crippen LogP contribution in [-0.4, -0.2) is 45.7 Å². The van der Waals surface area contributed by atoms with Gasteiger partial charge in [-0.25, -0.2) is 21.6 Å². The van der Waals surface area contributed by atoms with Crippen LogP contribution in [0.25, 0.3) is 0 Å². The van der Waals surface area contributed by atoms with Gasteiger partial charge in [0.15, 0.2) is 0 Å².